The number of nitrogens with two attached hydrogens (primary N) is 1. The summed E-state index contributed by atoms with van der Waals surface area (Å²) in [6.07, 6.45) is 0. The molecule has 2 nitrogen and oxygen atoms in total. The van der Waals surface area contributed by atoms with E-state index in [1.165, 1.54) is 11.3 Å². The van der Waals surface area contributed by atoms with Gasteiger partial charge in [-0.05, 0) is 19.1 Å². The van der Waals surface area contributed by atoms with Crippen molar-refractivity contribution in [2.45, 2.75) is 13.0 Å². The fraction of sp³-hybridized carbons (Fsp3) is 0.286. The standard InChI is InChI=1S/C7H8N2S.ClH/c1-5(9)7-3-2-6(4-8)10-7;/h2-3,5H,9H2,1H3;1H. The van der Waals surface area contributed by atoms with E-state index in [1.807, 2.05) is 13.0 Å². The minimum Gasteiger partial charge on any atom is -0.324 e. The zero-order valence-electron chi connectivity index (χ0n) is 6.07. The zero-order chi connectivity index (χ0) is 7.56. The molecule has 2 N–H and O–H groups in total. The maximum Gasteiger partial charge on any atom is 0.110 e. The number of halogens is 1. The van der Waals surface area contributed by atoms with Gasteiger partial charge in [-0.15, -0.1) is 23.7 Å². The van der Waals surface area contributed by atoms with E-state index in [-0.39, 0.29) is 18.4 Å². The van der Waals surface area contributed by atoms with Gasteiger partial charge in [-0.2, -0.15) is 5.26 Å². The molecule has 1 aromatic heterocycles. The molecule has 0 saturated carbocycles. The molecule has 1 atom stereocenters. The lowest BCUT2D eigenvalue weighted by Crippen LogP contribution is -2.01. The predicted molar refractivity (Wildman–Crippen MR) is 48.9 cm³/mol. The minimum atomic E-state index is 0. The van der Waals surface area contributed by atoms with Crippen LogP contribution in [0.3, 0.4) is 0 Å². The highest BCUT2D eigenvalue weighted by molar-refractivity contribution is 7.12. The Kier molecular flexibility index (Phi) is 4.12. The third-order valence-corrected chi connectivity index (χ3v) is 2.38. The number of thiophene rings is 1. The summed E-state index contributed by atoms with van der Waals surface area (Å²) in [6.45, 7) is 1.91. The molecule has 0 aromatic carbocycles. The Morgan fingerprint density at radius 2 is 2.27 bits per heavy atom. The Bertz CT molecular complexity index is 262. The fourth-order valence-electron chi connectivity index (χ4n) is 0.658. The van der Waals surface area contributed by atoms with Crippen LogP contribution < -0.4 is 5.73 Å². The monoisotopic (exact) mass is 188 g/mol. The second kappa shape index (κ2) is 4.35. The quantitative estimate of drug-likeness (QED) is 0.734. The van der Waals surface area contributed by atoms with Gasteiger partial charge in [0.2, 0.25) is 0 Å². The Labute approximate surface area is 76.1 Å². The van der Waals surface area contributed by atoms with Crippen molar-refractivity contribution < 1.29 is 0 Å². The summed E-state index contributed by atoms with van der Waals surface area (Å²) in [7, 11) is 0. The molecular formula is C7H9ClN2S. The van der Waals surface area contributed by atoms with Crippen LogP contribution in [0.4, 0.5) is 0 Å². The highest BCUT2D eigenvalue weighted by Crippen LogP contribution is 2.20. The molecule has 60 valence electrons. The number of hydrogen-bond donors (Lipinski definition) is 1. The first kappa shape index (κ1) is 10.4. The fourth-order valence-corrected chi connectivity index (χ4v) is 1.42. The minimum absolute atomic E-state index is 0. The molecule has 1 heterocycles. The van der Waals surface area contributed by atoms with Gasteiger partial charge in [0.1, 0.15) is 10.9 Å². The normalized spacial score (nSPS) is 11.4. The molecule has 0 amide bonds. The molecule has 0 spiro atoms. The van der Waals surface area contributed by atoms with Crippen molar-refractivity contribution in [2.75, 3.05) is 0 Å². The van der Waals surface area contributed by atoms with Crippen LogP contribution >= 0.6 is 23.7 Å². The van der Waals surface area contributed by atoms with Crippen LogP contribution in [0.2, 0.25) is 0 Å². The molecule has 4 heteroatoms. The number of nitriles is 1. The Morgan fingerprint density at radius 3 is 2.55 bits per heavy atom. The first-order valence-electron chi connectivity index (χ1n) is 2.99. The molecule has 0 bridgehead atoms. The van der Waals surface area contributed by atoms with E-state index in [4.69, 9.17) is 11.0 Å². The van der Waals surface area contributed by atoms with E-state index in [2.05, 4.69) is 6.07 Å². The van der Waals surface area contributed by atoms with Gasteiger partial charge < -0.3 is 5.73 Å². The van der Waals surface area contributed by atoms with Crippen LogP contribution in [-0.4, -0.2) is 0 Å². The van der Waals surface area contributed by atoms with E-state index in [0.29, 0.717) is 0 Å². The summed E-state index contributed by atoms with van der Waals surface area (Å²) in [6, 6.07) is 5.81. The highest BCUT2D eigenvalue weighted by Gasteiger charge is 2.01. The topological polar surface area (TPSA) is 49.8 Å². The summed E-state index contributed by atoms with van der Waals surface area (Å²) in [5.74, 6) is 0. The average Bonchev–Trinajstić information content (AvgIpc) is 2.34. The molecule has 1 unspecified atom stereocenters. The summed E-state index contributed by atoms with van der Waals surface area (Å²) in [5.41, 5.74) is 5.58. The SMILES string of the molecule is CC(N)c1ccc(C#N)s1.Cl. The van der Waals surface area contributed by atoms with Crippen LogP contribution in [0, 0.1) is 11.3 Å². The first-order valence-corrected chi connectivity index (χ1v) is 3.81. The van der Waals surface area contributed by atoms with E-state index in [1.54, 1.807) is 6.07 Å². The molecule has 0 aliphatic rings. The second-order valence-corrected chi connectivity index (χ2v) is 3.22. The maximum absolute atomic E-state index is 8.45. The van der Waals surface area contributed by atoms with Gasteiger partial charge in [-0.1, -0.05) is 0 Å². The average molecular weight is 189 g/mol. The van der Waals surface area contributed by atoms with Gasteiger partial charge in [0.15, 0.2) is 0 Å². The van der Waals surface area contributed by atoms with Gasteiger partial charge in [0, 0.05) is 10.9 Å². The van der Waals surface area contributed by atoms with Gasteiger partial charge in [-0.3, -0.25) is 0 Å². The van der Waals surface area contributed by atoms with Crippen molar-refractivity contribution in [3.63, 3.8) is 0 Å². The van der Waals surface area contributed by atoms with Gasteiger partial charge in [0.25, 0.3) is 0 Å². The largest absolute Gasteiger partial charge is 0.324 e. The van der Waals surface area contributed by atoms with E-state index in [0.717, 1.165) is 9.75 Å². The summed E-state index contributed by atoms with van der Waals surface area (Å²) in [4.78, 5) is 1.80. The molecule has 0 radical (unpaired) electrons. The lowest BCUT2D eigenvalue weighted by atomic mass is 10.3. The smallest absolute Gasteiger partial charge is 0.110 e. The molecule has 1 aromatic rings. The Hall–Kier alpha value is -0.560. The summed E-state index contributed by atoms with van der Waals surface area (Å²) in [5, 5.41) is 8.45. The van der Waals surface area contributed by atoms with Crippen LogP contribution in [-0.2, 0) is 0 Å². The van der Waals surface area contributed by atoms with Gasteiger partial charge >= 0.3 is 0 Å². The molecule has 11 heavy (non-hydrogen) atoms. The molecular weight excluding hydrogens is 180 g/mol. The first-order chi connectivity index (χ1) is 4.74. The third kappa shape index (κ3) is 2.51. The van der Waals surface area contributed by atoms with Gasteiger partial charge in [0.05, 0.1) is 0 Å². The van der Waals surface area contributed by atoms with Crippen molar-refractivity contribution in [1.82, 2.24) is 0 Å². The third-order valence-electron chi connectivity index (χ3n) is 1.19. The van der Waals surface area contributed by atoms with Crippen molar-refractivity contribution in [3.05, 3.63) is 21.9 Å². The lowest BCUT2D eigenvalue weighted by Gasteiger charge is -1.96. The second-order valence-electron chi connectivity index (χ2n) is 2.10. The summed E-state index contributed by atoms with van der Waals surface area (Å²) < 4.78 is 0. The zero-order valence-corrected chi connectivity index (χ0v) is 7.71. The van der Waals surface area contributed by atoms with Crippen molar-refractivity contribution in [3.8, 4) is 6.07 Å². The van der Waals surface area contributed by atoms with Crippen molar-refractivity contribution in [1.29, 1.82) is 5.26 Å². The van der Waals surface area contributed by atoms with Gasteiger partial charge in [-0.25, -0.2) is 0 Å². The van der Waals surface area contributed by atoms with Crippen LogP contribution in [0.15, 0.2) is 12.1 Å². The maximum atomic E-state index is 8.45. The molecule has 0 aliphatic carbocycles. The number of rotatable bonds is 1. The Balaban J connectivity index is 0.000001000. The molecule has 1 rings (SSSR count). The lowest BCUT2D eigenvalue weighted by molar-refractivity contribution is 0.838. The van der Waals surface area contributed by atoms with E-state index >= 15 is 0 Å². The predicted octanol–water partition coefficient (Wildman–Crippen LogP) is 2.06. The van der Waals surface area contributed by atoms with Crippen molar-refractivity contribution >= 4 is 23.7 Å². The van der Waals surface area contributed by atoms with E-state index in [9.17, 15) is 0 Å². The number of hydrogen-bond acceptors (Lipinski definition) is 3. The molecule has 0 saturated heterocycles. The summed E-state index contributed by atoms with van der Waals surface area (Å²) >= 11 is 1.45. The van der Waals surface area contributed by atoms with Crippen LogP contribution in [0.5, 0.6) is 0 Å². The van der Waals surface area contributed by atoms with Crippen LogP contribution in [0.25, 0.3) is 0 Å². The van der Waals surface area contributed by atoms with Crippen LogP contribution in [0.1, 0.15) is 22.7 Å². The highest BCUT2D eigenvalue weighted by atomic mass is 35.5. The van der Waals surface area contributed by atoms with E-state index < -0.39 is 0 Å². The molecule has 0 aliphatic heterocycles. The molecule has 0 fully saturated rings. The van der Waals surface area contributed by atoms with Crippen molar-refractivity contribution in [2.24, 2.45) is 5.73 Å². The number of nitrogens with zero attached hydrogens (tertiary/aromatic N) is 1. The Morgan fingerprint density at radius 1 is 1.64 bits per heavy atom.